The molecule has 0 amide bonds. The number of carboxylic acid groups (broad SMARTS) is 1. The van der Waals surface area contributed by atoms with Crippen molar-refractivity contribution < 1.29 is 23.1 Å². The zero-order chi connectivity index (χ0) is 17.4. The van der Waals surface area contributed by atoms with Crippen molar-refractivity contribution in [1.29, 1.82) is 0 Å². The molecule has 23 heavy (non-hydrogen) atoms. The number of alkyl halides is 3. The van der Waals surface area contributed by atoms with Crippen LogP contribution in [0.5, 0.6) is 0 Å². The number of pyridine rings is 1. The predicted octanol–water partition coefficient (Wildman–Crippen LogP) is 5.35. The maximum Gasteiger partial charge on any atom is 0.417 e. The van der Waals surface area contributed by atoms with E-state index in [9.17, 15) is 18.0 Å². The Morgan fingerprint density at radius 1 is 1.13 bits per heavy atom. The van der Waals surface area contributed by atoms with Crippen LogP contribution >= 0.6 is 34.8 Å². The number of carbonyl (C=O) groups is 1. The van der Waals surface area contributed by atoms with E-state index in [2.05, 4.69) is 4.98 Å². The third kappa shape index (κ3) is 4.07. The molecule has 0 fully saturated rings. The van der Waals surface area contributed by atoms with Gasteiger partial charge in [0.1, 0.15) is 0 Å². The fourth-order valence-corrected chi connectivity index (χ4v) is 2.49. The van der Waals surface area contributed by atoms with Crippen molar-refractivity contribution in [3.8, 4) is 11.1 Å². The molecule has 2 rings (SSSR count). The molecule has 1 aromatic heterocycles. The van der Waals surface area contributed by atoms with Crippen molar-refractivity contribution in [3.05, 3.63) is 50.7 Å². The zero-order valence-electron chi connectivity index (χ0n) is 11.1. The van der Waals surface area contributed by atoms with Crippen LogP contribution in [0.15, 0.2) is 24.4 Å². The molecule has 1 aromatic carbocycles. The lowest BCUT2D eigenvalue weighted by molar-refractivity contribution is -0.137. The second-order valence-corrected chi connectivity index (χ2v) is 5.73. The summed E-state index contributed by atoms with van der Waals surface area (Å²) in [7, 11) is 0. The van der Waals surface area contributed by atoms with Crippen molar-refractivity contribution in [3.63, 3.8) is 0 Å². The summed E-state index contributed by atoms with van der Waals surface area (Å²) in [6.45, 7) is 0. The van der Waals surface area contributed by atoms with Gasteiger partial charge in [-0.2, -0.15) is 13.2 Å². The van der Waals surface area contributed by atoms with E-state index in [1.54, 1.807) is 0 Å². The highest BCUT2D eigenvalue weighted by Gasteiger charge is 2.32. The Labute approximate surface area is 143 Å². The van der Waals surface area contributed by atoms with E-state index in [0.29, 0.717) is 6.20 Å². The Morgan fingerprint density at radius 3 is 2.17 bits per heavy atom. The van der Waals surface area contributed by atoms with Crippen LogP contribution in [0.3, 0.4) is 0 Å². The van der Waals surface area contributed by atoms with Gasteiger partial charge in [0.25, 0.3) is 0 Å². The van der Waals surface area contributed by atoms with Gasteiger partial charge in [0, 0.05) is 11.8 Å². The summed E-state index contributed by atoms with van der Waals surface area (Å²) < 4.78 is 38.6. The SMILES string of the molecule is O=C(O)Cc1ncc(C(F)(F)F)cc1-c1cc(Cl)c(Cl)c(Cl)c1. The van der Waals surface area contributed by atoms with Gasteiger partial charge in [-0.15, -0.1) is 0 Å². The Bertz CT molecular complexity index is 755. The highest BCUT2D eigenvalue weighted by atomic mass is 35.5. The highest BCUT2D eigenvalue weighted by molar-refractivity contribution is 6.48. The van der Waals surface area contributed by atoms with Gasteiger partial charge in [0.15, 0.2) is 0 Å². The quantitative estimate of drug-likeness (QED) is 0.725. The lowest BCUT2D eigenvalue weighted by Gasteiger charge is -2.13. The van der Waals surface area contributed by atoms with E-state index in [1.807, 2.05) is 0 Å². The maximum atomic E-state index is 12.9. The summed E-state index contributed by atoms with van der Waals surface area (Å²) in [6, 6.07) is 3.41. The van der Waals surface area contributed by atoms with Crippen LogP contribution in [0.2, 0.25) is 15.1 Å². The monoisotopic (exact) mass is 383 g/mol. The summed E-state index contributed by atoms with van der Waals surface area (Å²) in [4.78, 5) is 14.5. The van der Waals surface area contributed by atoms with Crippen molar-refractivity contribution in [2.24, 2.45) is 0 Å². The van der Waals surface area contributed by atoms with Crippen LogP contribution in [0, 0.1) is 0 Å². The van der Waals surface area contributed by atoms with Crippen LogP contribution < -0.4 is 0 Å². The normalized spacial score (nSPS) is 11.6. The number of hydrogen-bond acceptors (Lipinski definition) is 2. The summed E-state index contributed by atoms with van der Waals surface area (Å²) in [5.74, 6) is -1.23. The lowest BCUT2D eigenvalue weighted by atomic mass is 10.00. The average Bonchev–Trinajstić information content (AvgIpc) is 2.42. The molecule has 2 aromatic rings. The number of nitrogens with zero attached hydrogens (tertiary/aromatic N) is 1. The van der Waals surface area contributed by atoms with Gasteiger partial charge in [-0.3, -0.25) is 9.78 Å². The molecule has 1 N–H and O–H groups in total. The Hall–Kier alpha value is -1.50. The predicted molar refractivity (Wildman–Crippen MR) is 81.0 cm³/mol. The van der Waals surface area contributed by atoms with E-state index in [0.717, 1.165) is 6.07 Å². The highest BCUT2D eigenvalue weighted by Crippen LogP contribution is 2.38. The zero-order valence-corrected chi connectivity index (χ0v) is 13.4. The molecule has 0 aliphatic heterocycles. The van der Waals surface area contributed by atoms with Gasteiger partial charge in [-0.1, -0.05) is 34.8 Å². The van der Waals surface area contributed by atoms with Crippen LogP contribution in [-0.2, 0) is 17.4 Å². The topological polar surface area (TPSA) is 50.2 Å². The number of carboxylic acids is 1. The average molecular weight is 385 g/mol. The first-order valence-corrected chi connectivity index (χ1v) is 7.16. The first kappa shape index (κ1) is 17.8. The number of aromatic nitrogens is 1. The minimum atomic E-state index is -4.62. The van der Waals surface area contributed by atoms with Crippen molar-refractivity contribution in [1.82, 2.24) is 4.98 Å². The Morgan fingerprint density at radius 2 is 1.70 bits per heavy atom. The molecular formula is C14H7Cl3F3NO2. The van der Waals surface area contributed by atoms with Crippen LogP contribution in [0.1, 0.15) is 11.3 Å². The fourth-order valence-electron chi connectivity index (χ4n) is 1.89. The Balaban J connectivity index is 2.68. The molecule has 3 nitrogen and oxygen atoms in total. The number of aliphatic carboxylic acids is 1. The summed E-state index contributed by atoms with van der Waals surface area (Å²) >= 11 is 17.6. The minimum absolute atomic E-state index is 0.0253. The van der Waals surface area contributed by atoms with Crippen molar-refractivity contribution in [2.45, 2.75) is 12.6 Å². The molecule has 9 heteroatoms. The Kier molecular flexibility index (Phi) is 5.08. The van der Waals surface area contributed by atoms with Crippen molar-refractivity contribution in [2.75, 3.05) is 0 Å². The molecule has 0 spiro atoms. The summed E-state index contributed by atoms with van der Waals surface area (Å²) in [5, 5.41) is 9.01. The molecule has 0 bridgehead atoms. The fraction of sp³-hybridized carbons (Fsp3) is 0.143. The molecule has 0 saturated carbocycles. The molecule has 0 unspecified atom stereocenters. The molecule has 122 valence electrons. The van der Waals surface area contributed by atoms with E-state index in [-0.39, 0.29) is 31.9 Å². The molecule has 0 atom stereocenters. The third-order valence-electron chi connectivity index (χ3n) is 2.91. The van der Waals surface area contributed by atoms with Gasteiger partial charge < -0.3 is 5.11 Å². The molecule has 1 heterocycles. The first-order valence-electron chi connectivity index (χ1n) is 6.02. The van der Waals surface area contributed by atoms with Crippen LogP contribution in [0.4, 0.5) is 13.2 Å². The second kappa shape index (κ2) is 6.55. The van der Waals surface area contributed by atoms with Gasteiger partial charge >= 0.3 is 12.1 Å². The first-order chi connectivity index (χ1) is 10.6. The summed E-state index contributed by atoms with van der Waals surface area (Å²) in [6.07, 6.45) is -4.59. The maximum absolute atomic E-state index is 12.9. The van der Waals surface area contributed by atoms with Crippen LogP contribution in [0.25, 0.3) is 11.1 Å². The van der Waals surface area contributed by atoms with E-state index >= 15 is 0 Å². The molecule has 0 radical (unpaired) electrons. The standard InChI is InChI=1S/C14H7Cl3F3NO2/c15-9-1-6(2-10(16)13(9)17)8-3-7(14(18,19)20)5-21-11(8)4-12(22)23/h1-3,5H,4H2,(H,22,23). The summed E-state index contributed by atoms with van der Waals surface area (Å²) in [5.41, 5.74) is -0.884. The minimum Gasteiger partial charge on any atom is -0.481 e. The second-order valence-electron chi connectivity index (χ2n) is 4.54. The molecule has 0 aliphatic carbocycles. The third-order valence-corrected chi connectivity index (χ3v) is 4.11. The van der Waals surface area contributed by atoms with Gasteiger partial charge in [0.05, 0.1) is 32.7 Å². The smallest absolute Gasteiger partial charge is 0.417 e. The van der Waals surface area contributed by atoms with E-state index < -0.39 is 24.1 Å². The van der Waals surface area contributed by atoms with E-state index in [1.165, 1.54) is 12.1 Å². The molecular weight excluding hydrogens is 378 g/mol. The number of benzene rings is 1. The molecule has 0 aliphatic rings. The van der Waals surface area contributed by atoms with Gasteiger partial charge in [-0.25, -0.2) is 0 Å². The lowest BCUT2D eigenvalue weighted by Crippen LogP contribution is -2.10. The van der Waals surface area contributed by atoms with Crippen LogP contribution in [-0.4, -0.2) is 16.1 Å². The number of hydrogen-bond donors (Lipinski definition) is 1. The van der Waals surface area contributed by atoms with Crippen molar-refractivity contribution >= 4 is 40.8 Å². The number of halogens is 6. The van der Waals surface area contributed by atoms with Gasteiger partial charge in [-0.05, 0) is 23.8 Å². The largest absolute Gasteiger partial charge is 0.481 e. The van der Waals surface area contributed by atoms with Gasteiger partial charge in [0.2, 0.25) is 0 Å². The molecule has 0 saturated heterocycles. The van der Waals surface area contributed by atoms with E-state index in [4.69, 9.17) is 39.9 Å². The number of rotatable bonds is 3.